The van der Waals surface area contributed by atoms with Gasteiger partial charge in [-0.25, -0.2) is 0 Å². The Kier molecular flexibility index (Phi) is 5.32. The van der Waals surface area contributed by atoms with Crippen LogP contribution in [0.15, 0.2) is 0 Å². The molecule has 3 nitrogen and oxygen atoms in total. The number of carbonyl (C=O) groups is 1. The van der Waals surface area contributed by atoms with E-state index in [1.165, 1.54) is 12.8 Å². The van der Waals surface area contributed by atoms with E-state index in [1.54, 1.807) is 0 Å². The van der Waals surface area contributed by atoms with E-state index in [2.05, 4.69) is 38.7 Å². The number of nitrogens with one attached hydrogen (secondary N) is 1. The van der Waals surface area contributed by atoms with E-state index in [-0.39, 0.29) is 11.9 Å². The first-order chi connectivity index (χ1) is 7.89. The SMILES string of the molecule is CC(C)C1(C)CCCC(NC(=O)[C@@H](N)CS)C1. The number of hydrogen-bond acceptors (Lipinski definition) is 3. The predicted molar refractivity (Wildman–Crippen MR) is 75.2 cm³/mol. The molecular weight excluding hydrogens is 232 g/mol. The van der Waals surface area contributed by atoms with E-state index in [4.69, 9.17) is 5.73 Å². The molecule has 0 saturated heterocycles. The second kappa shape index (κ2) is 6.10. The molecular formula is C13H26N2OS. The van der Waals surface area contributed by atoms with Gasteiger partial charge in [0.05, 0.1) is 6.04 Å². The highest BCUT2D eigenvalue weighted by molar-refractivity contribution is 7.80. The van der Waals surface area contributed by atoms with Gasteiger partial charge in [-0.1, -0.05) is 27.2 Å². The Labute approximate surface area is 110 Å². The molecule has 0 heterocycles. The molecule has 0 spiro atoms. The molecule has 100 valence electrons. The van der Waals surface area contributed by atoms with Gasteiger partial charge < -0.3 is 11.1 Å². The highest BCUT2D eigenvalue weighted by atomic mass is 32.1. The Bertz CT molecular complexity index is 270. The first-order valence-corrected chi connectivity index (χ1v) is 7.19. The van der Waals surface area contributed by atoms with Gasteiger partial charge in [-0.3, -0.25) is 4.79 Å². The Morgan fingerprint density at radius 2 is 2.24 bits per heavy atom. The maximum Gasteiger partial charge on any atom is 0.237 e. The molecule has 1 fully saturated rings. The van der Waals surface area contributed by atoms with Crippen LogP contribution in [-0.2, 0) is 4.79 Å². The molecule has 0 bridgehead atoms. The average Bonchev–Trinajstić information content (AvgIpc) is 2.27. The van der Waals surface area contributed by atoms with Crippen LogP contribution in [0, 0.1) is 11.3 Å². The van der Waals surface area contributed by atoms with Crippen LogP contribution < -0.4 is 11.1 Å². The third kappa shape index (κ3) is 3.88. The molecule has 0 aromatic rings. The van der Waals surface area contributed by atoms with E-state index in [9.17, 15) is 4.79 Å². The van der Waals surface area contributed by atoms with E-state index < -0.39 is 6.04 Å². The lowest BCUT2D eigenvalue weighted by Crippen LogP contribution is -2.49. The minimum absolute atomic E-state index is 0.0574. The second-order valence-electron chi connectivity index (χ2n) is 5.90. The monoisotopic (exact) mass is 258 g/mol. The molecule has 17 heavy (non-hydrogen) atoms. The van der Waals surface area contributed by atoms with Crippen molar-refractivity contribution in [2.45, 2.75) is 58.5 Å². The normalized spacial score (nSPS) is 31.3. The predicted octanol–water partition coefficient (Wildman–Crippen LogP) is 1.96. The number of nitrogens with two attached hydrogens (primary N) is 1. The Morgan fingerprint density at radius 3 is 2.76 bits per heavy atom. The van der Waals surface area contributed by atoms with Gasteiger partial charge in [0.2, 0.25) is 5.91 Å². The highest BCUT2D eigenvalue weighted by Gasteiger charge is 2.35. The van der Waals surface area contributed by atoms with Crippen molar-refractivity contribution in [3.8, 4) is 0 Å². The summed E-state index contributed by atoms with van der Waals surface area (Å²) in [7, 11) is 0. The van der Waals surface area contributed by atoms with E-state index in [0.717, 1.165) is 12.8 Å². The summed E-state index contributed by atoms with van der Waals surface area (Å²) in [5, 5.41) is 3.07. The van der Waals surface area contributed by atoms with Crippen LogP contribution in [0.3, 0.4) is 0 Å². The molecule has 3 N–H and O–H groups in total. The standard InChI is InChI=1S/C13H26N2OS/c1-9(2)13(3)6-4-5-10(7-13)15-12(16)11(14)8-17/h9-11,17H,4-8,14H2,1-3H3,(H,15,16)/t10?,11-,13?/m0/s1. The Balaban J connectivity index is 2.53. The quantitative estimate of drug-likeness (QED) is 0.675. The summed E-state index contributed by atoms with van der Waals surface area (Å²) in [5.41, 5.74) is 6.02. The summed E-state index contributed by atoms with van der Waals surface area (Å²) < 4.78 is 0. The molecule has 0 aliphatic heterocycles. The van der Waals surface area contributed by atoms with Crippen molar-refractivity contribution in [1.82, 2.24) is 5.32 Å². The Morgan fingerprint density at radius 1 is 1.59 bits per heavy atom. The fourth-order valence-corrected chi connectivity index (χ4v) is 2.72. The topological polar surface area (TPSA) is 55.1 Å². The third-order valence-corrected chi connectivity index (χ3v) is 4.68. The van der Waals surface area contributed by atoms with Crippen LogP contribution >= 0.6 is 12.6 Å². The summed E-state index contributed by atoms with van der Waals surface area (Å²) in [6.07, 6.45) is 4.59. The number of thiol groups is 1. The van der Waals surface area contributed by atoms with Gasteiger partial charge in [-0.15, -0.1) is 0 Å². The van der Waals surface area contributed by atoms with Gasteiger partial charge in [0.15, 0.2) is 0 Å². The zero-order valence-corrected chi connectivity index (χ0v) is 12.1. The molecule has 3 atom stereocenters. The molecule has 1 aliphatic carbocycles. The first-order valence-electron chi connectivity index (χ1n) is 6.56. The lowest BCUT2D eigenvalue weighted by molar-refractivity contribution is -0.123. The van der Waals surface area contributed by atoms with E-state index in [1.807, 2.05) is 0 Å². The largest absolute Gasteiger partial charge is 0.352 e. The van der Waals surface area contributed by atoms with Gasteiger partial charge in [0, 0.05) is 11.8 Å². The zero-order valence-electron chi connectivity index (χ0n) is 11.2. The molecule has 0 radical (unpaired) electrons. The highest BCUT2D eigenvalue weighted by Crippen LogP contribution is 2.41. The van der Waals surface area contributed by atoms with Crippen molar-refractivity contribution in [2.75, 3.05) is 5.75 Å². The van der Waals surface area contributed by atoms with E-state index in [0.29, 0.717) is 17.1 Å². The third-order valence-electron chi connectivity index (χ3n) is 4.29. The molecule has 1 saturated carbocycles. The summed E-state index contributed by atoms with van der Waals surface area (Å²) in [6, 6.07) is -0.194. The molecule has 0 aromatic heterocycles. The maximum absolute atomic E-state index is 11.7. The van der Waals surface area contributed by atoms with Crippen LogP contribution in [0.1, 0.15) is 46.5 Å². The van der Waals surface area contributed by atoms with Gasteiger partial charge in [-0.2, -0.15) is 12.6 Å². The number of amides is 1. The fraction of sp³-hybridized carbons (Fsp3) is 0.923. The number of hydrogen-bond donors (Lipinski definition) is 3. The lowest BCUT2D eigenvalue weighted by Gasteiger charge is -2.41. The fourth-order valence-electron chi connectivity index (χ4n) is 2.56. The number of carbonyl (C=O) groups excluding carboxylic acids is 1. The maximum atomic E-state index is 11.7. The van der Waals surface area contributed by atoms with Crippen LogP contribution in [0.2, 0.25) is 0 Å². The lowest BCUT2D eigenvalue weighted by atomic mass is 9.67. The van der Waals surface area contributed by atoms with Gasteiger partial charge in [0.1, 0.15) is 0 Å². The van der Waals surface area contributed by atoms with Crippen molar-refractivity contribution in [3.05, 3.63) is 0 Å². The van der Waals surface area contributed by atoms with Crippen molar-refractivity contribution in [1.29, 1.82) is 0 Å². The van der Waals surface area contributed by atoms with Crippen molar-refractivity contribution in [2.24, 2.45) is 17.1 Å². The summed E-state index contributed by atoms with van der Waals surface area (Å²) >= 11 is 4.05. The minimum atomic E-state index is -0.481. The van der Waals surface area contributed by atoms with Crippen molar-refractivity contribution in [3.63, 3.8) is 0 Å². The summed E-state index contributed by atoms with van der Waals surface area (Å²) in [5.74, 6) is 0.999. The molecule has 2 unspecified atom stereocenters. The first kappa shape index (κ1) is 14.8. The van der Waals surface area contributed by atoms with Crippen molar-refractivity contribution >= 4 is 18.5 Å². The summed E-state index contributed by atoms with van der Waals surface area (Å²) in [6.45, 7) is 6.86. The molecule has 1 rings (SSSR count). The van der Waals surface area contributed by atoms with Crippen LogP contribution in [0.4, 0.5) is 0 Å². The average molecular weight is 258 g/mol. The van der Waals surface area contributed by atoms with E-state index >= 15 is 0 Å². The molecule has 1 aliphatic rings. The summed E-state index contributed by atoms with van der Waals surface area (Å²) in [4.78, 5) is 11.7. The molecule has 4 heteroatoms. The Hall–Kier alpha value is -0.220. The van der Waals surface area contributed by atoms with Crippen molar-refractivity contribution < 1.29 is 4.79 Å². The van der Waals surface area contributed by atoms with Crippen LogP contribution in [-0.4, -0.2) is 23.7 Å². The van der Waals surface area contributed by atoms with Gasteiger partial charge >= 0.3 is 0 Å². The minimum Gasteiger partial charge on any atom is -0.352 e. The van der Waals surface area contributed by atoms with Gasteiger partial charge in [-0.05, 0) is 30.6 Å². The molecule has 1 amide bonds. The van der Waals surface area contributed by atoms with Crippen LogP contribution in [0.5, 0.6) is 0 Å². The second-order valence-corrected chi connectivity index (χ2v) is 6.26. The van der Waals surface area contributed by atoms with Gasteiger partial charge in [0.25, 0.3) is 0 Å². The number of rotatable bonds is 4. The smallest absolute Gasteiger partial charge is 0.237 e. The molecule has 0 aromatic carbocycles. The van der Waals surface area contributed by atoms with Crippen LogP contribution in [0.25, 0.3) is 0 Å². The zero-order chi connectivity index (χ0) is 13.1.